The second-order valence-electron chi connectivity index (χ2n) is 10.1. The molecule has 1 unspecified atom stereocenters. The van der Waals surface area contributed by atoms with Gasteiger partial charge in [-0.25, -0.2) is 0 Å². The molecule has 1 aromatic heterocycles. The van der Waals surface area contributed by atoms with Gasteiger partial charge in [0.2, 0.25) is 0 Å². The molecule has 0 fully saturated rings. The first-order valence-corrected chi connectivity index (χ1v) is 12.1. The molecule has 1 heteroatoms. The minimum atomic E-state index is -0.129. The largest absolute Gasteiger partial charge is 0.312 e. The normalized spacial score (nSPS) is 17.7. The predicted molar refractivity (Wildman–Crippen MR) is 137 cm³/mol. The summed E-state index contributed by atoms with van der Waals surface area (Å²) in [5.74, 6) is 0.471. The fourth-order valence-electron chi connectivity index (χ4n) is 6.70. The summed E-state index contributed by atoms with van der Waals surface area (Å²) in [6.45, 7) is 4.87. The van der Waals surface area contributed by atoms with Gasteiger partial charge in [0.1, 0.15) is 0 Å². The van der Waals surface area contributed by atoms with Gasteiger partial charge in [-0.2, -0.15) is 0 Å². The second-order valence-corrected chi connectivity index (χ2v) is 10.1. The lowest BCUT2D eigenvalue weighted by molar-refractivity contribution is 0.563. The molecule has 1 atom stereocenters. The molecule has 7 rings (SSSR count). The van der Waals surface area contributed by atoms with Gasteiger partial charge in [0.05, 0.1) is 5.52 Å². The van der Waals surface area contributed by atoms with Crippen LogP contribution in [0.25, 0.3) is 27.7 Å². The third kappa shape index (κ3) is 2.48. The number of nitrogens with zero attached hydrogens (tertiary/aromatic N) is 1. The molecular weight excluding hydrogens is 398 g/mol. The van der Waals surface area contributed by atoms with Gasteiger partial charge in [-0.1, -0.05) is 92.7 Å². The van der Waals surface area contributed by atoms with E-state index < -0.39 is 0 Å². The number of hydrogen-bond donors (Lipinski definition) is 0. The maximum absolute atomic E-state index is 2.53. The van der Waals surface area contributed by atoms with E-state index in [0.717, 1.165) is 12.8 Å². The summed E-state index contributed by atoms with van der Waals surface area (Å²) in [5.41, 5.74) is 12.8. The summed E-state index contributed by atoms with van der Waals surface area (Å²) < 4.78 is 2.53. The fraction of sp³-hybridized carbons (Fsp3) is 0.188. The maximum Gasteiger partial charge on any atom is 0.0534 e. The predicted octanol–water partition coefficient (Wildman–Crippen LogP) is 8.01. The molecule has 0 radical (unpaired) electrons. The monoisotopic (exact) mass is 425 g/mol. The van der Waals surface area contributed by atoms with Crippen LogP contribution in [0.4, 0.5) is 0 Å². The van der Waals surface area contributed by atoms with Crippen molar-refractivity contribution >= 4 is 10.9 Å². The van der Waals surface area contributed by atoms with Crippen LogP contribution in [-0.4, -0.2) is 4.57 Å². The van der Waals surface area contributed by atoms with Crippen molar-refractivity contribution in [3.63, 3.8) is 0 Å². The van der Waals surface area contributed by atoms with E-state index in [0.29, 0.717) is 5.92 Å². The van der Waals surface area contributed by atoms with Gasteiger partial charge in [0.15, 0.2) is 0 Å². The Bertz CT molecular complexity index is 1530. The zero-order valence-electron chi connectivity index (χ0n) is 19.2. The molecule has 160 valence electrons. The van der Waals surface area contributed by atoms with E-state index in [1.54, 1.807) is 5.56 Å². The van der Waals surface area contributed by atoms with Gasteiger partial charge in [-0.15, -0.1) is 0 Å². The molecule has 0 spiro atoms. The summed E-state index contributed by atoms with van der Waals surface area (Å²) in [6.07, 6.45) is 2.23. The molecule has 0 saturated heterocycles. The standard InChI is InChI=1S/C32H27N/c1-32(2)28-17-10-16-25-22-13-6-7-14-23(22)26(30(25)28)19-20-27-24-15-8-9-18-29(24)33(31(27)32)21-11-4-3-5-12-21/h3-18,26H,19-20H2,1-2H3. The Labute approximate surface area is 195 Å². The Balaban J connectivity index is 1.59. The van der Waals surface area contributed by atoms with Crippen molar-refractivity contribution in [2.75, 3.05) is 0 Å². The molecule has 0 saturated carbocycles. The van der Waals surface area contributed by atoms with Crippen molar-refractivity contribution in [1.29, 1.82) is 0 Å². The van der Waals surface area contributed by atoms with Crippen molar-refractivity contribution in [1.82, 2.24) is 4.57 Å². The van der Waals surface area contributed by atoms with Gasteiger partial charge in [0.25, 0.3) is 0 Å². The van der Waals surface area contributed by atoms with Crippen LogP contribution in [-0.2, 0) is 11.8 Å². The van der Waals surface area contributed by atoms with E-state index in [1.165, 1.54) is 50.1 Å². The molecule has 2 aliphatic carbocycles. The van der Waals surface area contributed by atoms with Crippen LogP contribution in [0.15, 0.2) is 97.1 Å². The summed E-state index contributed by atoms with van der Waals surface area (Å²) in [6, 6.07) is 36.0. The van der Waals surface area contributed by atoms with E-state index in [4.69, 9.17) is 0 Å². The van der Waals surface area contributed by atoms with Crippen molar-refractivity contribution in [3.8, 4) is 16.8 Å². The first kappa shape index (κ1) is 18.9. The van der Waals surface area contributed by atoms with Gasteiger partial charge < -0.3 is 4.57 Å². The smallest absolute Gasteiger partial charge is 0.0534 e. The van der Waals surface area contributed by atoms with Crippen LogP contribution >= 0.6 is 0 Å². The van der Waals surface area contributed by atoms with E-state index >= 15 is 0 Å². The van der Waals surface area contributed by atoms with Crippen LogP contribution in [0, 0.1) is 0 Å². The average Bonchev–Trinajstić information content (AvgIpc) is 3.36. The summed E-state index contributed by atoms with van der Waals surface area (Å²) in [7, 11) is 0. The molecule has 4 aromatic carbocycles. The Morgan fingerprint density at radius 2 is 1.45 bits per heavy atom. The second kappa shape index (κ2) is 6.71. The molecule has 0 bridgehead atoms. The third-order valence-electron chi connectivity index (χ3n) is 8.02. The lowest BCUT2D eigenvalue weighted by Crippen LogP contribution is -2.28. The quantitative estimate of drug-likeness (QED) is 0.256. The van der Waals surface area contributed by atoms with Crippen LogP contribution in [0.2, 0.25) is 0 Å². The summed E-state index contributed by atoms with van der Waals surface area (Å²) in [5, 5.41) is 1.40. The molecule has 33 heavy (non-hydrogen) atoms. The minimum Gasteiger partial charge on any atom is -0.312 e. The number of fused-ring (bicyclic) bond motifs is 6. The Morgan fingerprint density at radius 1 is 0.727 bits per heavy atom. The lowest BCUT2D eigenvalue weighted by Gasteiger charge is -2.35. The zero-order valence-corrected chi connectivity index (χ0v) is 19.2. The highest BCUT2D eigenvalue weighted by molar-refractivity contribution is 5.89. The Kier molecular flexibility index (Phi) is 3.85. The Morgan fingerprint density at radius 3 is 2.33 bits per heavy atom. The zero-order chi connectivity index (χ0) is 22.2. The topological polar surface area (TPSA) is 4.93 Å². The number of benzene rings is 4. The molecule has 0 amide bonds. The lowest BCUT2D eigenvalue weighted by atomic mass is 9.71. The highest BCUT2D eigenvalue weighted by atomic mass is 15.0. The molecule has 5 aromatic rings. The molecule has 0 N–H and O–H groups in total. The summed E-state index contributed by atoms with van der Waals surface area (Å²) >= 11 is 0. The van der Waals surface area contributed by atoms with Crippen LogP contribution < -0.4 is 0 Å². The van der Waals surface area contributed by atoms with Crippen molar-refractivity contribution in [2.24, 2.45) is 0 Å². The van der Waals surface area contributed by atoms with E-state index in [9.17, 15) is 0 Å². The number of aryl methyl sites for hydroxylation is 1. The van der Waals surface area contributed by atoms with Crippen LogP contribution in [0.1, 0.15) is 54.1 Å². The number of rotatable bonds is 1. The number of hydrogen-bond acceptors (Lipinski definition) is 0. The molecule has 2 aliphatic rings. The van der Waals surface area contributed by atoms with E-state index in [-0.39, 0.29) is 5.41 Å². The molecule has 1 nitrogen and oxygen atoms in total. The van der Waals surface area contributed by atoms with Crippen molar-refractivity contribution < 1.29 is 0 Å². The fourth-order valence-corrected chi connectivity index (χ4v) is 6.70. The molecule has 1 heterocycles. The SMILES string of the molecule is CC1(C)c2cccc3c2C(CCc2c1n(-c1ccccc1)c1ccccc21)c1ccccc1-3. The van der Waals surface area contributed by atoms with Gasteiger partial charge >= 0.3 is 0 Å². The van der Waals surface area contributed by atoms with Gasteiger partial charge in [-0.05, 0) is 64.4 Å². The summed E-state index contributed by atoms with van der Waals surface area (Å²) in [4.78, 5) is 0. The van der Waals surface area contributed by atoms with Crippen LogP contribution in [0.3, 0.4) is 0 Å². The minimum absolute atomic E-state index is 0.129. The number of para-hydroxylation sites is 2. The molecular formula is C32H27N. The number of aromatic nitrogens is 1. The van der Waals surface area contributed by atoms with Crippen molar-refractivity contribution in [3.05, 3.63) is 125 Å². The maximum atomic E-state index is 2.53. The van der Waals surface area contributed by atoms with E-state index in [2.05, 4.69) is 115 Å². The van der Waals surface area contributed by atoms with E-state index in [1.807, 2.05) is 0 Å². The van der Waals surface area contributed by atoms with Crippen molar-refractivity contribution in [2.45, 2.75) is 38.0 Å². The highest BCUT2D eigenvalue weighted by Crippen LogP contribution is 2.54. The first-order valence-electron chi connectivity index (χ1n) is 12.1. The molecule has 0 aliphatic heterocycles. The van der Waals surface area contributed by atoms with Crippen LogP contribution in [0.5, 0.6) is 0 Å². The Hall–Kier alpha value is -3.58. The van der Waals surface area contributed by atoms with Gasteiger partial charge in [0, 0.05) is 28.1 Å². The average molecular weight is 426 g/mol. The highest BCUT2D eigenvalue weighted by Gasteiger charge is 2.41. The first-order chi connectivity index (χ1) is 16.2. The van der Waals surface area contributed by atoms with Gasteiger partial charge in [-0.3, -0.25) is 0 Å². The third-order valence-corrected chi connectivity index (χ3v) is 8.02.